The molecule has 0 saturated heterocycles. The maximum Gasteiger partial charge on any atom is 0.340 e. The van der Waals surface area contributed by atoms with Crippen molar-refractivity contribution in [3.8, 4) is 23.0 Å². The number of fused-ring (bicyclic) bond motifs is 6. The van der Waals surface area contributed by atoms with Crippen molar-refractivity contribution < 1.29 is 24.5 Å². The highest BCUT2D eigenvalue weighted by Crippen LogP contribution is 2.60. The zero-order valence-electron chi connectivity index (χ0n) is 13.8. The molecule has 2 N–H and O–H groups in total. The fraction of sp³-hybridized carbons (Fsp3) is 0.0500. The Hall–Kier alpha value is -1.28. The number of aromatic hydroxyl groups is 2. The van der Waals surface area contributed by atoms with Crippen molar-refractivity contribution in [2.24, 2.45) is 0 Å². The van der Waals surface area contributed by atoms with Crippen LogP contribution in [0.2, 0.25) is 0 Å². The van der Waals surface area contributed by atoms with Crippen LogP contribution in [0.15, 0.2) is 42.5 Å². The molecule has 0 saturated carbocycles. The number of benzene rings is 3. The van der Waals surface area contributed by atoms with Gasteiger partial charge in [-0.2, -0.15) is 0 Å². The maximum absolute atomic E-state index is 12.8. The van der Waals surface area contributed by atoms with Crippen LogP contribution in [0.25, 0.3) is 0 Å². The lowest BCUT2D eigenvalue weighted by atomic mass is 9.77. The zero-order valence-corrected chi connectivity index (χ0v) is 20.3. The van der Waals surface area contributed by atoms with Gasteiger partial charge in [0, 0.05) is 20.8 Å². The molecule has 0 aliphatic carbocycles. The van der Waals surface area contributed by atoms with Crippen LogP contribution < -0.4 is 4.74 Å². The Kier molecular flexibility index (Phi) is 4.25. The van der Waals surface area contributed by atoms with Gasteiger partial charge in [0.1, 0.15) is 17.2 Å². The van der Waals surface area contributed by atoms with Crippen molar-refractivity contribution >= 4 is 73.7 Å². The van der Waals surface area contributed by atoms with Gasteiger partial charge in [-0.05, 0) is 86.0 Å². The Balaban J connectivity index is 1.99. The molecule has 8 heteroatoms. The molecule has 2 heterocycles. The van der Waals surface area contributed by atoms with Crippen LogP contribution in [0.3, 0.4) is 0 Å². The summed E-state index contributed by atoms with van der Waals surface area (Å²) in [6, 6.07) is 12.0. The van der Waals surface area contributed by atoms with Crippen molar-refractivity contribution in [3.63, 3.8) is 0 Å². The summed E-state index contributed by atoms with van der Waals surface area (Å²) in [5.74, 6) is 0.531. The molecule has 3 aromatic rings. The summed E-state index contributed by atoms with van der Waals surface area (Å²) in [7, 11) is 0. The standard InChI is InChI=1S/C20H9I3O5/c21-14-13-18(16(23)17(25)15(14)22)27-12-7-8(24)5-6-11(12)20(13)10-4-2-1-3-9(10)19(26)28-20/h1-7,24-25H. The van der Waals surface area contributed by atoms with E-state index in [4.69, 9.17) is 9.47 Å². The summed E-state index contributed by atoms with van der Waals surface area (Å²) < 4.78 is 14.1. The van der Waals surface area contributed by atoms with Crippen LogP contribution in [0.4, 0.5) is 0 Å². The van der Waals surface area contributed by atoms with E-state index in [9.17, 15) is 15.0 Å². The summed E-state index contributed by atoms with van der Waals surface area (Å²) in [6.45, 7) is 0. The summed E-state index contributed by atoms with van der Waals surface area (Å²) in [5, 5.41) is 20.6. The molecule has 5 rings (SSSR count). The number of rotatable bonds is 0. The lowest BCUT2D eigenvalue weighted by Gasteiger charge is -2.38. The molecule has 5 nitrogen and oxygen atoms in total. The number of esters is 1. The molecular weight excluding hydrogens is 701 g/mol. The minimum absolute atomic E-state index is 0.0365. The Bertz CT molecular complexity index is 1210. The molecule has 140 valence electrons. The average molecular weight is 710 g/mol. The van der Waals surface area contributed by atoms with E-state index < -0.39 is 11.6 Å². The van der Waals surface area contributed by atoms with Crippen molar-refractivity contribution in [1.29, 1.82) is 0 Å². The molecule has 0 amide bonds. The van der Waals surface area contributed by atoms with Gasteiger partial charge in [-0.25, -0.2) is 4.79 Å². The first-order valence-electron chi connectivity index (χ1n) is 8.10. The molecule has 2 aliphatic heterocycles. The number of hydrogen-bond donors (Lipinski definition) is 2. The number of ether oxygens (including phenoxy) is 2. The molecule has 1 atom stereocenters. The Morgan fingerprint density at radius 1 is 0.893 bits per heavy atom. The monoisotopic (exact) mass is 710 g/mol. The van der Waals surface area contributed by atoms with Gasteiger partial charge in [0.25, 0.3) is 0 Å². The van der Waals surface area contributed by atoms with Crippen LogP contribution in [0.1, 0.15) is 27.0 Å². The first kappa shape index (κ1) is 18.7. The Morgan fingerprint density at radius 3 is 2.43 bits per heavy atom. The third-order valence-corrected chi connectivity index (χ3v) is 9.10. The van der Waals surface area contributed by atoms with E-state index in [1.165, 1.54) is 6.07 Å². The largest absolute Gasteiger partial charge is 0.508 e. The molecule has 1 spiro atoms. The van der Waals surface area contributed by atoms with Gasteiger partial charge in [-0.1, -0.05) is 18.2 Å². The highest BCUT2D eigenvalue weighted by molar-refractivity contribution is 14.1. The lowest BCUT2D eigenvalue weighted by molar-refractivity contribution is 0.0220. The minimum Gasteiger partial charge on any atom is -0.508 e. The highest BCUT2D eigenvalue weighted by Gasteiger charge is 2.55. The summed E-state index contributed by atoms with van der Waals surface area (Å²) in [6.07, 6.45) is 0. The predicted molar refractivity (Wildman–Crippen MR) is 126 cm³/mol. The van der Waals surface area contributed by atoms with Crippen LogP contribution >= 0.6 is 67.8 Å². The van der Waals surface area contributed by atoms with Gasteiger partial charge in [0.2, 0.25) is 0 Å². The SMILES string of the molecule is O=C1OC2(c3ccc(O)cc3Oc3c(I)c(O)c(I)c(I)c32)c2ccccc21. The van der Waals surface area contributed by atoms with E-state index in [2.05, 4.69) is 45.2 Å². The first-order chi connectivity index (χ1) is 13.4. The first-order valence-corrected chi connectivity index (χ1v) is 11.3. The topological polar surface area (TPSA) is 76.0 Å². The lowest BCUT2D eigenvalue weighted by Crippen LogP contribution is -2.34. The second kappa shape index (κ2) is 6.36. The third kappa shape index (κ3) is 2.30. The quantitative estimate of drug-likeness (QED) is 0.184. The van der Waals surface area contributed by atoms with Gasteiger partial charge in [-0.3, -0.25) is 0 Å². The second-order valence-electron chi connectivity index (χ2n) is 6.39. The molecule has 0 bridgehead atoms. The predicted octanol–water partition coefficient (Wildman–Crippen LogP) is 5.48. The average Bonchev–Trinajstić information content (AvgIpc) is 2.97. The zero-order chi connectivity index (χ0) is 19.8. The molecular formula is C20H9I3O5. The van der Waals surface area contributed by atoms with Gasteiger partial charge >= 0.3 is 5.97 Å². The third-order valence-electron chi connectivity index (χ3n) is 4.94. The van der Waals surface area contributed by atoms with E-state index in [1.807, 2.05) is 34.7 Å². The summed E-state index contributed by atoms with van der Waals surface area (Å²) in [4.78, 5) is 12.8. The van der Waals surface area contributed by atoms with Crippen molar-refractivity contribution in [1.82, 2.24) is 0 Å². The maximum atomic E-state index is 12.8. The van der Waals surface area contributed by atoms with Gasteiger partial charge < -0.3 is 19.7 Å². The van der Waals surface area contributed by atoms with E-state index in [-0.39, 0.29) is 11.5 Å². The normalized spacial score (nSPS) is 18.9. The van der Waals surface area contributed by atoms with Crippen LogP contribution in [0.5, 0.6) is 23.0 Å². The summed E-state index contributed by atoms with van der Waals surface area (Å²) >= 11 is 6.26. The number of carbonyl (C=O) groups excluding carboxylic acids is 1. The van der Waals surface area contributed by atoms with Crippen LogP contribution in [0, 0.1) is 10.7 Å². The molecule has 28 heavy (non-hydrogen) atoms. The minimum atomic E-state index is -1.21. The molecule has 1 unspecified atom stereocenters. The number of phenols is 2. The number of hydrogen-bond acceptors (Lipinski definition) is 5. The van der Waals surface area contributed by atoms with E-state index in [0.29, 0.717) is 40.9 Å². The molecule has 0 radical (unpaired) electrons. The Labute approximate surface area is 200 Å². The van der Waals surface area contributed by atoms with Crippen molar-refractivity contribution in [2.75, 3.05) is 0 Å². The number of carbonyl (C=O) groups is 1. The number of halogens is 3. The van der Waals surface area contributed by atoms with Crippen LogP contribution in [-0.2, 0) is 10.3 Å². The number of phenolic OH excluding ortho intramolecular Hbond substituents is 2. The smallest absolute Gasteiger partial charge is 0.340 e. The van der Waals surface area contributed by atoms with E-state index >= 15 is 0 Å². The van der Waals surface area contributed by atoms with Crippen molar-refractivity contribution in [3.05, 3.63) is 75.4 Å². The van der Waals surface area contributed by atoms with Gasteiger partial charge in [-0.15, -0.1) is 0 Å². The van der Waals surface area contributed by atoms with Crippen molar-refractivity contribution in [2.45, 2.75) is 5.60 Å². The van der Waals surface area contributed by atoms with E-state index in [1.54, 1.807) is 24.3 Å². The molecule has 0 aromatic heterocycles. The highest BCUT2D eigenvalue weighted by atomic mass is 127. The van der Waals surface area contributed by atoms with Crippen LogP contribution in [-0.4, -0.2) is 16.2 Å². The molecule has 3 aromatic carbocycles. The Morgan fingerprint density at radius 2 is 1.64 bits per heavy atom. The fourth-order valence-electron chi connectivity index (χ4n) is 3.77. The molecule has 0 fully saturated rings. The van der Waals surface area contributed by atoms with Gasteiger partial charge in [0.05, 0.1) is 18.3 Å². The summed E-state index contributed by atoms with van der Waals surface area (Å²) in [5.41, 5.74) is 1.30. The van der Waals surface area contributed by atoms with E-state index in [0.717, 1.165) is 3.57 Å². The second-order valence-corrected chi connectivity index (χ2v) is 9.63. The fourth-order valence-corrected chi connectivity index (χ4v) is 6.36. The van der Waals surface area contributed by atoms with Gasteiger partial charge in [0.15, 0.2) is 11.4 Å². The molecule has 2 aliphatic rings.